The molecule has 0 aliphatic carbocycles. The zero-order chi connectivity index (χ0) is 18.7. The SMILES string of the molecule is Cc1ccc(S(=O)(=O)NCCC(=O)N2CCCc3ccccc32)cc1C. The lowest BCUT2D eigenvalue weighted by Gasteiger charge is -2.29. The summed E-state index contributed by atoms with van der Waals surface area (Å²) in [6, 6.07) is 12.9. The average molecular weight is 372 g/mol. The first-order chi connectivity index (χ1) is 12.4. The van der Waals surface area contributed by atoms with Crippen molar-refractivity contribution in [3.8, 4) is 0 Å². The Labute approximate surface area is 155 Å². The maximum atomic E-state index is 12.6. The topological polar surface area (TPSA) is 66.5 Å². The van der Waals surface area contributed by atoms with Crippen LogP contribution in [0.15, 0.2) is 47.4 Å². The van der Waals surface area contributed by atoms with Gasteiger partial charge in [0.05, 0.1) is 4.90 Å². The number of rotatable bonds is 5. The molecule has 138 valence electrons. The van der Waals surface area contributed by atoms with E-state index in [4.69, 9.17) is 0 Å². The Hall–Kier alpha value is -2.18. The van der Waals surface area contributed by atoms with Crippen molar-refractivity contribution >= 4 is 21.6 Å². The molecule has 0 unspecified atom stereocenters. The number of nitrogens with zero attached hydrogens (tertiary/aromatic N) is 1. The van der Waals surface area contributed by atoms with Crippen LogP contribution in [0.1, 0.15) is 29.5 Å². The molecule has 1 aliphatic heterocycles. The van der Waals surface area contributed by atoms with Gasteiger partial charge in [0.15, 0.2) is 0 Å². The highest BCUT2D eigenvalue weighted by molar-refractivity contribution is 7.89. The van der Waals surface area contributed by atoms with Crippen LogP contribution in [-0.4, -0.2) is 27.4 Å². The molecule has 1 amide bonds. The molecule has 0 spiro atoms. The van der Waals surface area contributed by atoms with Gasteiger partial charge in [-0.15, -0.1) is 0 Å². The number of anilines is 1. The van der Waals surface area contributed by atoms with Crippen LogP contribution < -0.4 is 9.62 Å². The lowest BCUT2D eigenvalue weighted by atomic mass is 10.0. The predicted octanol–water partition coefficient (Wildman–Crippen LogP) is 2.95. The molecule has 0 fully saturated rings. The number of para-hydroxylation sites is 1. The van der Waals surface area contributed by atoms with Crippen LogP contribution in [0.25, 0.3) is 0 Å². The van der Waals surface area contributed by atoms with Gasteiger partial charge in [0.1, 0.15) is 0 Å². The van der Waals surface area contributed by atoms with Gasteiger partial charge in [-0.3, -0.25) is 4.79 Å². The number of benzene rings is 2. The Bertz CT molecular complexity index is 922. The van der Waals surface area contributed by atoms with Gasteiger partial charge >= 0.3 is 0 Å². The third-order valence-electron chi connectivity index (χ3n) is 4.83. The van der Waals surface area contributed by atoms with Gasteiger partial charge in [0, 0.05) is 25.2 Å². The van der Waals surface area contributed by atoms with Crippen molar-refractivity contribution in [3.63, 3.8) is 0 Å². The Morgan fingerprint density at radius 2 is 1.88 bits per heavy atom. The van der Waals surface area contributed by atoms with Crippen LogP contribution in [0, 0.1) is 13.8 Å². The number of carbonyl (C=O) groups is 1. The monoisotopic (exact) mass is 372 g/mol. The summed E-state index contributed by atoms with van der Waals surface area (Å²) in [6.07, 6.45) is 2.04. The minimum atomic E-state index is -3.61. The van der Waals surface area contributed by atoms with E-state index < -0.39 is 10.0 Å². The lowest BCUT2D eigenvalue weighted by molar-refractivity contribution is -0.118. The van der Waals surface area contributed by atoms with Crippen molar-refractivity contribution in [3.05, 3.63) is 59.2 Å². The van der Waals surface area contributed by atoms with E-state index in [0.29, 0.717) is 6.54 Å². The Morgan fingerprint density at radius 1 is 1.12 bits per heavy atom. The summed E-state index contributed by atoms with van der Waals surface area (Å²) in [5, 5.41) is 0. The van der Waals surface area contributed by atoms with Gasteiger partial charge in [-0.1, -0.05) is 24.3 Å². The summed E-state index contributed by atoms with van der Waals surface area (Å²) in [5.41, 5.74) is 4.08. The second-order valence-electron chi connectivity index (χ2n) is 6.67. The highest BCUT2D eigenvalue weighted by Crippen LogP contribution is 2.27. The minimum absolute atomic E-state index is 0.0556. The van der Waals surface area contributed by atoms with E-state index in [9.17, 15) is 13.2 Å². The molecule has 5 nitrogen and oxygen atoms in total. The molecule has 2 aromatic carbocycles. The van der Waals surface area contributed by atoms with Crippen molar-refractivity contribution in [1.82, 2.24) is 4.72 Å². The third kappa shape index (κ3) is 3.97. The molecule has 1 heterocycles. The lowest BCUT2D eigenvalue weighted by Crippen LogP contribution is -2.37. The summed E-state index contributed by atoms with van der Waals surface area (Å²) in [4.78, 5) is 14.6. The van der Waals surface area contributed by atoms with Gasteiger partial charge in [0.2, 0.25) is 15.9 Å². The predicted molar refractivity (Wildman–Crippen MR) is 103 cm³/mol. The zero-order valence-electron chi connectivity index (χ0n) is 15.2. The summed E-state index contributed by atoms with van der Waals surface area (Å²) in [7, 11) is -3.61. The number of carbonyl (C=O) groups excluding carboxylic acids is 1. The van der Waals surface area contributed by atoms with Crippen molar-refractivity contribution in [2.24, 2.45) is 0 Å². The van der Waals surface area contributed by atoms with E-state index >= 15 is 0 Å². The van der Waals surface area contributed by atoms with Crippen LogP contribution in [0.2, 0.25) is 0 Å². The van der Waals surface area contributed by atoms with Gasteiger partial charge in [-0.2, -0.15) is 0 Å². The molecule has 6 heteroatoms. The highest BCUT2D eigenvalue weighted by atomic mass is 32.2. The first-order valence-electron chi connectivity index (χ1n) is 8.84. The van der Waals surface area contributed by atoms with E-state index in [2.05, 4.69) is 4.72 Å². The highest BCUT2D eigenvalue weighted by Gasteiger charge is 2.22. The maximum Gasteiger partial charge on any atom is 0.240 e. The number of fused-ring (bicyclic) bond motifs is 1. The van der Waals surface area contributed by atoms with E-state index in [1.165, 1.54) is 5.56 Å². The summed E-state index contributed by atoms with van der Waals surface area (Å²) >= 11 is 0. The number of hydrogen-bond donors (Lipinski definition) is 1. The van der Waals surface area contributed by atoms with Gasteiger partial charge < -0.3 is 4.90 Å². The van der Waals surface area contributed by atoms with Gasteiger partial charge in [-0.25, -0.2) is 13.1 Å². The van der Waals surface area contributed by atoms with Crippen molar-refractivity contribution in [2.45, 2.75) is 38.0 Å². The summed E-state index contributed by atoms with van der Waals surface area (Å²) < 4.78 is 27.4. The van der Waals surface area contributed by atoms with Crippen molar-refractivity contribution in [2.75, 3.05) is 18.0 Å². The largest absolute Gasteiger partial charge is 0.312 e. The van der Waals surface area contributed by atoms with E-state index in [1.54, 1.807) is 23.1 Å². The molecule has 0 saturated carbocycles. The average Bonchev–Trinajstić information content (AvgIpc) is 2.63. The molecule has 1 N–H and O–H groups in total. The molecule has 1 aliphatic rings. The molecule has 0 bridgehead atoms. The normalized spacial score (nSPS) is 14.2. The summed E-state index contributed by atoms with van der Waals surface area (Å²) in [5.74, 6) is -0.0556. The number of nitrogens with one attached hydrogen (secondary N) is 1. The Balaban J connectivity index is 1.63. The second-order valence-corrected chi connectivity index (χ2v) is 8.44. The standard InChI is InChI=1S/C20H24N2O3S/c1-15-9-10-18(14-16(15)2)26(24,25)21-12-11-20(23)22-13-5-7-17-6-3-4-8-19(17)22/h3-4,6,8-10,14,21H,5,7,11-13H2,1-2H3. The Morgan fingerprint density at radius 3 is 2.65 bits per heavy atom. The maximum absolute atomic E-state index is 12.6. The fourth-order valence-electron chi connectivity index (χ4n) is 3.18. The van der Waals surface area contributed by atoms with Crippen molar-refractivity contribution < 1.29 is 13.2 Å². The number of sulfonamides is 1. The smallest absolute Gasteiger partial charge is 0.240 e. The minimum Gasteiger partial charge on any atom is -0.312 e. The molecular formula is C20H24N2O3S. The fourth-order valence-corrected chi connectivity index (χ4v) is 4.30. The number of amides is 1. The molecule has 0 radical (unpaired) electrons. The summed E-state index contributed by atoms with van der Waals surface area (Å²) in [6.45, 7) is 4.59. The number of aryl methyl sites for hydroxylation is 3. The quantitative estimate of drug-likeness (QED) is 0.877. The zero-order valence-corrected chi connectivity index (χ0v) is 16.0. The van der Waals surface area contributed by atoms with E-state index in [1.807, 2.05) is 38.1 Å². The number of hydrogen-bond acceptors (Lipinski definition) is 3. The van der Waals surface area contributed by atoms with Crippen LogP contribution in [-0.2, 0) is 21.2 Å². The van der Waals surface area contributed by atoms with Crippen LogP contribution >= 0.6 is 0 Å². The van der Waals surface area contributed by atoms with Crippen LogP contribution in [0.4, 0.5) is 5.69 Å². The molecule has 26 heavy (non-hydrogen) atoms. The second kappa shape index (κ2) is 7.60. The first kappa shape index (κ1) is 18.6. The molecule has 0 saturated heterocycles. The van der Waals surface area contributed by atoms with Crippen LogP contribution in [0.5, 0.6) is 0 Å². The van der Waals surface area contributed by atoms with Gasteiger partial charge in [0.25, 0.3) is 0 Å². The third-order valence-corrected chi connectivity index (χ3v) is 6.29. The molecule has 0 atom stereocenters. The van der Waals surface area contributed by atoms with Crippen LogP contribution in [0.3, 0.4) is 0 Å². The van der Waals surface area contributed by atoms with Crippen molar-refractivity contribution in [1.29, 1.82) is 0 Å². The first-order valence-corrected chi connectivity index (χ1v) is 10.3. The molecule has 3 rings (SSSR count). The fraction of sp³-hybridized carbons (Fsp3) is 0.350. The molecule has 0 aromatic heterocycles. The Kier molecular flexibility index (Phi) is 5.44. The van der Waals surface area contributed by atoms with Gasteiger partial charge in [-0.05, 0) is 61.6 Å². The molecule has 2 aromatic rings. The molecular weight excluding hydrogens is 348 g/mol. The van der Waals surface area contributed by atoms with E-state index in [-0.39, 0.29) is 23.8 Å². The van der Waals surface area contributed by atoms with E-state index in [0.717, 1.165) is 29.7 Å².